The second-order valence-corrected chi connectivity index (χ2v) is 5.84. The largest absolute Gasteiger partial charge is 0.492 e. The minimum atomic E-state index is -0.348. The lowest BCUT2D eigenvalue weighted by Gasteiger charge is -2.19. The third-order valence-corrected chi connectivity index (χ3v) is 4.38. The Morgan fingerprint density at radius 3 is 2.58 bits per heavy atom. The normalized spacial score (nSPS) is 14.3. The molecule has 0 spiro atoms. The van der Waals surface area contributed by atoms with Crippen molar-refractivity contribution < 1.29 is 14.3 Å². The molecule has 0 saturated heterocycles. The van der Waals surface area contributed by atoms with Crippen LogP contribution in [-0.4, -0.2) is 45.3 Å². The zero-order valence-electron chi connectivity index (χ0n) is 14.4. The summed E-state index contributed by atoms with van der Waals surface area (Å²) in [6.07, 6.45) is 0. The first-order valence-electron chi connectivity index (χ1n) is 8.27. The van der Waals surface area contributed by atoms with Crippen LogP contribution < -0.4 is 14.5 Å². The predicted octanol–water partition coefficient (Wildman–Crippen LogP) is 3.13. The van der Waals surface area contributed by atoms with Crippen LogP contribution in [0.1, 0.15) is 10.4 Å². The smallest absolute Gasteiger partial charge is 0.337 e. The highest BCUT2D eigenvalue weighted by Crippen LogP contribution is 2.38. The van der Waals surface area contributed by atoms with E-state index in [-0.39, 0.29) is 23.0 Å². The molecule has 4 rings (SSSR count). The van der Waals surface area contributed by atoms with Gasteiger partial charge in [0.2, 0.25) is 5.96 Å². The molecule has 0 unspecified atom stereocenters. The molecule has 136 valence electrons. The molecule has 0 bridgehead atoms. The average molecular weight is 418 g/mol. The lowest BCUT2D eigenvalue weighted by atomic mass is 10.2. The lowest BCUT2D eigenvalue weighted by molar-refractivity contribution is 0.0600. The molecule has 2 aromatic rings. The van der Waals surface area contributed by atoms with Gasteiger partial charge in [-0.3, -0.25) is 4.99 Å². The van der Waals surface area contributed by atoms with Gasteiger partial charge in [0, 0.05) is 6.54 Å². The number of aliphatic imine (C=N–C) groups is 1. The second-order valence-electron chi connectivity index (χ2n) is 5.84. The number of guanidine groups is 1. The molecular formula is C19H20BrN3O3. The molecule has 0 aliphatic carbocycles. The highest BCUT2D eigenvalue weighted by molar-refractivity contribution is 8.93. The molecule has 2 aromatic carbocycles. The van der Waals surface area contributed by atoms with Crippen molar-refractivity contribution in [2.75, 3.05) is 43.2 Å². The van der Waals surface area contributed by atoms with Crippen molar-refractivity contribution in [2.45, 2.75) is 0 Å². The molecule has 2 aliphatic rings. The minimum absolute atomic E-state index is 0. The maximum atomic E-state index is 11.4. The molecule has 0 fully saturated rings. The number of hydrogen-bond acceptors (Lipinski definition) is 6. The maximum absolute atomic E-state index is 11.4. The van der Waals surface area contributed by atoms with Crippen molar-refractivity contribution in [3.63, 3.8) is 0 Å². The molecule has 2 aliphatic heterocycles. The fraction of sp³-hybridized carbons (Fsp3) is 0.263. The summed E-state index contributed by atoms with van der Waals surface area (Å²) < 4.78 is 10.5. The molecule has 0 atom stereocenters. The van der Waals surface area contributed by atoms with E-state index in [0.29, 0.717) is 18.7 Å². The fourth-order valence-corrected chi connectivity index (χ4v) is 3.20. The summed E-state index contributed by atoms with van der Waals surface area (Å²) in [5.74, 6) is 1.38. The van der Waals surface area contributed by atoms with Gasteiger partial charge in [-0.15, -0.1) is 17.0 Å². The highest BCUT2D eigenvalue weighted by atomic mass is 79.9. The van der Waals surface area contributed by atoms with E-state index in [2.05, 4.69) is 33.0 Å². The summed E-state index contributed by atoms with van der Waals surface area (Å²) >= 11 is 0. The van der Waals surface area contributed by atoms with Crippen LogP contribution in [0.4, 0.5) is 11.4 Å². The molecule has 26 heavy (non-hydrogen) atoms. The summed E-state index contributed by atoms with van der Waals surface area (Å²) in [5, 5.41) is 0. The van der Waals surface area contributed by atoms with Gasteiger partial charge in [-0.2, -0.15) is 0 Å². The Labute approximate surface area is 162 Å². The predicted molar refractivity (Wildman–Crippen MR) is 107 cm³/mol. The van der Waals surface area contributed by atoms with E-state index in [4.69, 9.17) is 9.47 Å². The van der Waals surface area contributed by atoms with Gasteiger partial charge in [0.15, 0.2) is 0 Å². The van der Waals surface area contributed by atoms with E-state index in [1.807, 2.05) is 6.07 Å². The van der Waals surface area contributed by atoms with Gasteiger partial charge in [0.05, 0.1) is 37.1 Å². The number of rotatable bonds is 5. The molecule has 7 heteroatoms. The zero-order valence-corrected chi connectivity index (χ0v) is 16.1. The van der Waals surface area contributed by atoms with Crippen LogP contribution in [0.15, 0.2) is 53.5 Å². The van der Waals surface area contributed by atoms with Crippen LogP contribution in [0.2, 0.25) is 0 Å². The highest BCUT2D eigenvalue weighted by Gasteiger charge is 2.34. The number of fused-ring (bicyclic) bond motifs is 3. The third kappa shape index (κ3) is 3.26. The maximum Gasteiger partial charge on any atom is 0.337 e. The van der Waals surface area contributed by atoms with Gasteiger partial charge in [0.25, 0.3) is 0 Å². The summed E-state index contributed by atoms with van der Waals surface area (Å²) in [4.78, 5) is 20.5. The molecule has 6 nitrogen and oxygen atoms in total. The Bertz CT molecular complexity index is 823. The average Bonchev–Trinajstić information content (AvgIpc) is 3.24. The van der Waals surface area contributed by atoms with E-state index in [0.717, 1.165) is 24.8 Å². The van der Waals surface area contributed by atoms with Gasteiger partial charge in [-0.1, -0.05) is 12.1 Å². The first kappa shape index (κ1) is 18.3. The number of carbonyl (C=O) groups excluding carboxylic acids is 1. The van der Waals surface area contributed by atoms with Crippen molar-refractivity contribution in [1.29, 1.82) is 0 Å². The number of ether oxygens (including phenoxy) is 2. The molecular weight excluding hydrogens is 398 g/mol. The molecule has 0 saturated carbocycles. The van der Waals surface area contributed by atoms with Crippen LogP contribution in [-0.2, 0) is 4.74 Å². The minimum Gasteiger partial charge on any atom is -0.492 e. The van der Waals surface area contributed by atoms with Crippen molar-refractivity contribution in [3.8, 4) is 5.75 Å². The van der Waals surface area contributed by atoms with Gasteiger partial charge < -0.3 is 19.3 Å². The van der Waals surface area contributed by atoms with E-state index in [1.54, 1.807) is 24.3 Å². The number of halogens is 1. The summed E-state index contributed by atoms with van der Waals surface area (Å²) in [6.45, 7) is 3.00. The van der Waals surface area contributed by atoms with Crippen molar-refractivity contribution in [3.05, 3.63) is 54.1 Å². The number of carbonyl (C=O) groups is 1. The SMILES string of the molecule is Br.COC(=O)c1ccc(OCCN2C3=NCCN3c3ccccc32)cc1. The van der Waals surface area contributed by atoms with Gasteiger partial charge in [0.1, 0.15) is 12.4 Å². The number of methoxy groups -OCH3 is 1. The summed E-state index contributed by atoms with van der Waals surface area (Å²) in [6, 6.07) is 15.3. The van der Waals surface area contributed by atoms with Gasteiger partial charge in [-0.25, -0.2) is 4.79 Å². The first-order valence-corrected chi connectivity index (χ1v) is 8.27. The second kappa shape index (κ2) is 7.78. The zero-order chi connectivity index (χ0) is 17.2. The Morgan fingerprint density at radius 1 is 1.12 bits per heavy atom. The van der Waals surface area contributed by atoms with Crippen LogP contribution in [0.5, 0.6) is 5.75 Å². The third-order valence-electron chi connectivity index (χ3n) is 4.38. The number of hydrogen-bond donors (Lipinski definition) is 0. The van der Waals surface area contributed by atoms with E-state index >= 15 is 0 Å². The van der Waals surface area contributed by atoms with Crippen molar-refractivity contribution in [2.24, 2.45) is 4.99 Å². The topological polar surface area (TPSA) is 54.4 Å². The van der Waals surface area contributed by atoms with Crippen molar-refractivity contribution in [1.82, 2.24) is 0 Å². The summed E-state index contributed by atoms with van der Waals surface area (Å²) in [7, 11) is 1.37. The Balaban J connectivity index is 0.00000196. The van der Waals surface area contributed by atoms with Crippen molar-refractivity contribution >= 4 is 40.3 Å². The number of esters is 1. The Hall–Kier alpha value is -2.54. The lowest BCUT2D eigenvalue weighted by Crippen LogP contribution is -2.37. The van der Waals surface area contributed by atoms with E-state index < -0.39 is 0 Å². The van der Waals surface area contributed by atoms with Crippen LogP contribution in [0, 0.1) is 0 Å². The number of para-hydroxylation sites is 2. The fourth-order valence-electron chi connectivity index (χ4n) is 3.20. The molecule has 0 radical (unpaired) electrons. The summed E-state index contributed by atoms with van der Waals surface area (Å²) in [5.41, 5.74) is 2.89. The molecule has 0 aromatic heterocycles. The van der Waals surface area contributed by atoms with E-state index in [1.165, 1.54) is 18.5 Å². The number of anilines is 2. The number of nitrogens with zero attached hydrogens (tertiary/aromatic N) is 3. The quantitative estimate of drug-likeness (QED) is 0.699. The Kier molecular flexibility index (Phi) is 5.46. The van der Waals surface area contributed by atoms with E-state index in [9.17, 15) is 4.79 Å². The Morgan fingerprint density at radius 2 is 1.85 bits per heavy atom. The van der Waals surface area contributed by atoms with Gasteiger partial charge in [-0.05, 0) is 36.4 Å². The molecule has 0 amide bonds. The molecule has 2 heterocycles. The van der Waals surface area contributed by atoms with Gasteiger partial charge >= 0.3 is 5.97 Å². The van der Waals surface area contributed by atoms with Crippen LogP contribution >= 0.6 is 17.0 Å². The van der Waals surface area contributed by atoms with Crippen LogP contribution in [0.3, 0.4) is 0 Å². The first-order chi connectivity index (χ1) is 12.3. The van der Waals surface area contributed by atoms with Crippen LogP contribution in [0.25, 0.3) is 0 Å². The monoisotopic (exact) mass is 417 g/mol. The standard InChI is InChI=1S/C19H19N3O3.BrH/c1-24-18(23)14-6-8-15(9-7-14)25-13-12-22-17-5-3-2-4-16(17)21-11-10-20-19(21)22;/h2-9H,10-13H2,1H3;1H. The number of benzene rings is 2. The molecule has 0 N–H and O–H groups in total.